The van der Waals surface area contributed by atoms with E-state index in [2.05, 4.69) is 6.92 Å². The molecule has 10 nitrogen and oxygen atoms in total. The van der Waals surface area contributed by atoms with Crippen LogP contribution in [-0.4, -0.2) is 67.8 Å². The Morgan fingerprint density at radius 1 is 0.688 bits per heavy atom. The number of carbonyl (C=O) groups is 4. The molecule has 1 rings (SSSR count). The normalized spacial score (nSPS) is 25.0. The van der Waals surface area contributed by atoms with Gasteiger partial charge in [-0.25, -0.2) is 0 Å². The van der Waals surface area contributed by atoms with Crippen molar-refractivity contribution in [3.8, 4) is 0 Å². The maximum absolute atomic E-state index is 11.8. The van der Waals surface area contributed by atoms with Crippen molar-refractivity contribution < 1.29 is 47.6 Å². The van der Waals surface area contributed by atoms with Crippen molar-refractivity contribution in [3.63, 3.8) is 0 Å². The summed E-state index contributed by atoms with van der Waals surface area (Å²) in [4.78, 5) is 46.5. The van der Waals surface area contributed by atoms with E-state index < -0.39 is 54.6 Å². The average Bonchev–Trinajstić information content (AvgIpc) is 2.68. The van der Waals surface area contributed by atoms with Gasteiger partial charge in [-0.1, -0.05) is 39.0 Å². The summed E-state index contributed by atoms with van der Waals surface area (Å²) >= 11 is 0. The molecule has 0 unspecified atom stereocenters. The molecular formula is C22H36O10. The summed E-state index contributed by atoms with van der Waals surface area (Å²) in [6, 6.07) is 0. The fraction of sp³-hybridized carbons (Fsp3) is 0.818. The Hall–Kier alpha value is -2.20. The standard InChI is InChI=1S/C22H36O10/c1-6-7-8-9-10-11-12-27-22-21(31-17(5)26)20(30-16(4)25)19(29-15(3)24)18(32-22)13-28-14(2)23/h18-22H,6-13H2,1-5H3/t18-,19+,20-,21+,22+/m0/s1. The number of hydrogen-bond donors (Lipinski definition) is 0. The van der Waals surface area contributed by atoms with E-state index in [0.717, 1.165) is 32.1 Å². The number of ether oxygens (including phenoxy) is 6. The van der Waals surface area contributed by atoms with Crippen molar-refractivity contribution in [2.24, 2.45) is 0 Å². The van der Waals surface area contributed by atoms with Gasteiger partial charge in [0.15, 0.2) is 24.6 Å². The van der Waals surface area contributed by atoms with Crippen LogP contribution in [0.25, 0.3) is 0 Å². The molecule has 0 bridgehead atoms. The molecular weight excluding hydrogens is 424 g/mol. The second-order valence-corrected chi connectivity index (χ2v) is 7.71. The van der Waals surface area contributed by atoms with E-state index in [4.69, 9.17) is 28.4 Å². The zero-order valence-corrected chi connectivity index (χ0v) is 19.6. The summed E-state index contributed by atoms with van der Waals surface area (Å²) in [6.07, 6.45) is 0.641. The Morgan fingerprint density at radius 2 is 1.22 bits per heavy atom. The van der Waals surface area contributed by atoms with Crippen molar-refractivity contribution in [1.29, 1.82) is 0 Å². The fourth-order valence-corrected chi connectivity index (χ4v) is 3.40. The monoisotopic (exact) mass is 460 g/mol. The van der Waals surface area contributed by atoms with E-state index >= 15 is 0 Å². The first-order valence-corrected chi connectivity index (χ1v) is 11.1. The first kappa shape index (κ1) is 27.8. The summed E-state index contributed by atoms with van der Waals surface area (Å²) in [7, 11) is 0. The second-order valence-electron chi connectivity index (χ2n) is 7.71. The number of carbonyl (C=O) groups excluding carboxylic acids is 4. The van der Waals surface area contributed by atoms with Crippen LogP contribution in [0.5, 0.6) is 0 Å². The number of esters is 4. The lowest BCUT2D eigenvalue weighted by Crippen LogP contribution is -2.63. The lowest BCUT2D eigenvalue weighted by Gasteiger charge is -2.44. The molecule has 0 N–H and O–H groups in total. The van der Waals surface area contributed by atoms with Crippen LogP contribution in [0.1, 0.15) is 73.1 Å². The molecule has 5 atom stereocenters. The van der Waals surface area contributed by atoms with Crippen LogP contribution in [0.3, 0.4) is 0 Å². The minimum atomic E-state index is -1.20. The Bertz CT molecular complexity index is 620. The van der Waals surface area contributed by atoms with Crippen LogP contribution in [-0.2, 0) is 47.6 Å². The summed E-state index contributed by atoms with van der Waals surface area (Å²) in [6.45, 7) is 6.97. The Labute approximate surface area is 189 Å². The van der Waals surface area contributed by atoms with E-state index in [-0.39, 0.29) is 6.61 Å². The first-order valence-electron chi connectivity index (χ1n) is 11.1. The third-order valence-electron chi connectivity index (χ3n) is 4.73. The Morgan fingerprint density at radius 3 is 1.78 bits per heavy atom. The largest absolute Gasteiger partial charge is 0.463 e. The van der Waals surface area contributed by atoms with Crippen molar-refractivity contribution >= 4 is 23.9 Å². The molecule has 1 heterocycles. The predicted octanol–water partition coefficient (Wildman–Crippen LogP) is 2.45. The summed E-state index contributed by atoms with van der Waals surface area (Å²) in [5.74, 6) is -2.56. The van der Waals surface area contributed by atoms with Crippen LogP contribution in [0.15, 0.2) is 0 Å². The molecule has 10 heteroatoms. The van der Waals surface area contributed by atoms with Crippen LogP contribution in [0, 0.1) is 0 Å². The van der Waals surface area contributed by atoms with E-state index in [0.29, 0.717) is 6.61 Å². The third kappa shape index (κ3) is 10.4. The van der Waals surface area contributed by atoms with Gasteiger partial charge in [-0.2, -0.15) is 0 Å². The Balaban J connectivity index is 3.01. The van der Waals surface area contributed by atoms with Crippen LogP contribution < -0.4 is 0 Å². The highest BCUT2D eigenvalue weighted by atomic mass is 16.7. The molecule has 0 amide bonds. The molecule has 1 aliphatic rings. The van der Waals surface area contributed by atoms with Crippen molar-refractivity contribution in [2.75, 3.05) is 13.2 Å². The lowest BCUT2D eigenvalue weighted by molar-refractivity contribution is -0.308. The van der Waals surface area contributed by atoms with E-state index in [1.54, 1.807) is 0 Å². The minimum absolute atomic E-state index is 0.269. The van der Waals surface area contributed by atoms with Crippen LogP contribution >= 0.6 is 0 Å². The molecule has 0 aliphatic carbocycles. The van der Waals surface area contributed by atoms with Crippen molar-refractivity contribution in [3.05, 3.63) is 0 Å². The summed E-state index contributed by atoms with van der Waals surface area (Å²) < 4.78 is 32.8. The molecule has 0 aromatic carbocycles. The van der Waals surface area contributed by atoms with E-state index in [9.17, 15) is 19.2 Å². The second kappa shape index (κ2) is 14.8. The SMILES string of the molecule is CCCCCCCCO[C@@H]1O[C@@H](COC(C)=O)[C@@H](OC(C)=O)[C@H](OC(C)=O)[C@H]1OC(C)=O. The molecule has 0 aromatic heterocycles. The highest BCUT2D eigenvalue weighted by Gasteiger charge is 2.52. The molecule has 0 aromatic rings. The topological polar surface area (TPSA) is 124 Å². The Kier molecular flexibility index (Phi) is 12.9. The van der Waals surface area contributed by atoms with Crippen LogP contribution in [0.2, 0.25) is 0 Å². The maximum Gasteiger partial charge on any atom is 0.303 e. The van der Waals surface area contributed by atoms with Gasteiger partial charge < -0.3 is 28.4 Å². The molecule has 0 saturated carbocycles. The van der Waals surface area contributed by atoms with E-state index in [1.807, 2.05) is 0 Å². The zero-order chi connectivity index (χ0) is 24.1. The average molecular weight is 461 g/mol. The van der Waals surface area contributed by atoms with Gasteiger partial charge in [0.2, 0.25) is 0 Å². The van der Waals surface area contributed by atoms with Gasteiger partial charge in [0.1, 0.15) is 12.7 Å². The highest BCUT2D eigenvalue weighted by Crippen LogP contribution is 2.30. The maximum atomic E-state index is 11.8. The molecule has 0 spiro atoms. The smallest absolute Gasteiger partial charge is 0.303 e. The van der Waals surface area contributed by atoms with Crippen molar-refractivity contribution in [2.45, 2.75) is 104 Å². The lowest BCUT2D eigenvalue weighted by atomic mass is 9.98. The van der Waals surface area contributed by atoms with Gasteiger partial charge in [0.25, 0.3) is 0 Å². The van der Waals surface area contributed by atoms with Gasteiger partial charge >= 0.3 is 23.9 Å². The molecule has 1 aliphatic heterocycles. The quantitative estimate of drug-likeness (QED) is 0.230. The fourth-order valence-electron chi connectivity index (χ4n) is 3.40. The number of unbranched alkanes of at least 4 members (excludes halogenated alkanes) is 5. The molecule has 0 radical (unpaired) electrons. The molecule has 32 heavy (non-hydrogen) atoms. The van der Waals surface area contributed by atoms with Crippen LogP contribution in [0.4, 0.5) is 0 Å². The summed E-state index contributed by atoms with van der Waals surface area (Å²) in [5.41, 5.74) is 0. The molecule has 184 valence electrons. The minimum Gasteiger partial charge on any atom is -0.463 e. The van der Waals surface area contributed by atoms with Gasteiger partial charge in [-0.3, -0.25) is 19.2 Å². The van der Waals surface area contributed by atoms with Gasteiger partial charge in [-0.05, 0) is 6.42 Å². The zero-order valence-electron chi connectivity index (χ0n) is 19.6. The summed E-state index contributed by atoms with van der Waals surface area (Å²) in [5, 5.41) is 0. The predicted molar refractivity (Wildman–Crippen MR) is 111 cm³/mol. The van der Waals surface area contributed by atoms with Gasteiger partial charge in [-0.15, -0.1) is 0 Å². The van der Waals surface area contributed by atoms with Crippen molar-refractivity contribution in [1.82, 2.24) is 0 Å². The van der Waals surface area contributed by atoms with E-state index in [1.165, 1.54) is 34.1 Å². The van der Waals surface area contributed by atoms with Gasteiger partial charge in [0, 0.05) is 34.3 Å². The first-order chi connectivity index (χ1) is 15.1. The number of rotatable bonds is 13. The third-order valence-corrected chi connectivity index (χ3v) is 4.73. The van der Waals surface area contributed by atoms with Gasteiger partial charge in [0.05, 0.1) is 0 Å². The molecule has 1 saturated heterocycles. The number of hydrogen-bond acceptors (Lipinski definition) is 10. The molecule has 1 fully saturated rings. The highest BCUT2D eigenvalue weighted by molar-refractivity contribution is 5.68.